The Labute approximate surface area is 145 Å². The zero-order valence-corrected chi connectivity index (χ0v) is 14.7. The molecule has 1 N–H and O–H groups in total. The molecule has 126 valence electrons. The second-order valence-electron chi connectivity index (χ2n) is 6.07. The number of nitrogens with zero attached hydrogens (tertiary/aromatic N) is 1. The summed E-state index contributed by atoms with van der Waals surface area (Å²) in [5, 5.41) is 10.5. The molecule has 2 aromatic rings. The lowest BCUT2D eigenvalue weighted by Crippen LogP contribution is -2.13. The van der Waals surface area contributed by atoms with E-state index in [9.17, 15) is 9.90 Å². The Balaban J connectivity index is 2.00. The van der Waals surface area contributed by atoms with Crippen molar-refractivity contribution in [3.05, 3.63) is 45.8 Å². The number of rotatable bonds is 4. The molecule has 1 aromatic heterocycles. The molecule has 5 heteroatoms. The number of hydrogen-bond acceptors (Lipinski definition) is 5. The van der Waals surface area contributed by atoms with Crippen LogP contribution < -0.4 is 0 Å². The average molecular weight is 343 g/mol. The van der Waals surface area contributed by atoms with Gasteiger partial charge in [-0.3, -0.25) is 0 Å². The van der Waals surface area contributed by atoms with Crippen molar-refractivity contribution in [3.8, 4) is 5.75 Å². The van der Waals surface area contributed by atoms with Gasteiger partial charge in [-0.05, 0) is 49.8 Å². The van der Waals surface area contributed by atoms with E-state index in [-0.39, 0.29) is 11.7 Å². The molecule has 0 saturated carbocycles. The summed E-state index contributed by atoms with van der Waals surface area (Å²) in [6, 6.07) is 7.02. The Morgan fingerprint density at radius 3 is 3.00 bits per heavy atom. The first kappa shape index (κ1) is 16.7. The summed E-state index contributed by atoms with van der Waals surface area (Å²) in [6.45, 7) is 4.39. The van der Waals surface area contributed by atoms with Crippen LogP contribution in [0.3, 0.4) is 0 Å². The third-order valence-electron chi connectivity index (χ3n) is 4.23. The summed E-state index contributed by atoms with van der Waals surface area (Å²) in [4.78, 5) is 18.2. The van der Waals surface area contributed by atoms with E-state index in [4.69, 9.17) is 4.74 Å². The van der Waals surface area contributed by atoms with Crippen LogP contribution in [0.15, 0.2) is 29.3 Å². The summed E-state index contributed by atoms with van der Waals surface area (Å²) in [7, 11) is 0. The molecule has 1 aliphatic carbocycles. The van der Waals surface area contributed by atoms with Gasteiger partial charge < -0.3 is 9.84 Å². The van der Waals surface area contributed by atoms with Crippen molar-refractivity contribution in [2.24, 2.45) is 10.9 Å². The number of benzene rings is 1. The van der Waals surface area contributed by atoms with Crippen molar-refractivity contribution >= 4 is 28.5 Å². The third-order valence-corrected chi connectivity index (χ3v) is 5.39. The van der Waals surface area contributed by atoms with Gasteiger partial charge in [-0.1, -0.05) is 19.1 Å². The number of thiophene rings is 1. The van der Waals surface area contributed by atoms with Gasteiger partial charge in [-0.2, -0.15) is 0 Å². The predicted octanol–water partition coefficient (Wildman–Crippen LogP) is 4.51. The second kappa shape index (κ2) is 7.18. The smallest absolute Gasteiger partial charge is 0.341 e. The number of para-hydroxylation sites is 1. The summed E-state index contributed by atoms with van der Waals surface area (Å²) in [6.07, 6.45) is 4.57. The Hall–Kier alpha value is -2.14. The molecular formula is C19H21NO3S. The molecule has 24 heavy (non-hydrogen) atoms. The van der Waals surface area contributed by atoms with E-state index in [0.29, 0.717) is 28.7 Å². The molecule has 1 aromatic carbocycles. The van der Waals surface area contributed by atoms with Crippen LogP contribution in [0.4, 0.5) is 5.00 Å². The van der Waals surface area contributed by atoms with Crippen molar-refractivity contribution in [2.45, 2.75) is 33.1 Å². The number of fused-ring (bicyclic) bond motifs is 1. The van der Waals surface area contributed by atoms with Crippen molar-refractivity contribution in [2.75, 3.05) is 6.61 Å². The van der Waals surface area contributed by atoms with Gasteiger partial charge in [-0.15, -0.1) is 11.3 Å². The monoisotopic (exact) mass is 343 g/mol. The maximum absolute atomic E-state index is 12.4. The number of ether oxygens (including phenoxy) is 1. The van der Waals surface area contributed by atoms with Crippen LogP contribution in [0, 0.1) is 5.92 Å². The van der Waals surface area contributed by atoms with Gasteiger partial charge >= 0.3 is 5.97 Å². The standard InChI is InChI=1S/C19H21NO3S/c1-3-23-19(22)17-14-9-8-12(2)10-16(14)24-18(17)20-11-13-6-4-5-7-15(13)21/h4-7,11-12,21H,3,8-10H2,1-2H3/b20-11+/t12-/m0/s1. The van der Waals surface area contributed by atoms with Crippen molar-refractivity contribution in [3.63, 3.8) is 0 Å². The van der Waals surface area contributed by atoms with Crippen LogP contribution in [0.2, 0.25) is 0 Å². The van der Waals surface area contributed by atoms with Crippen molar-refractivity contribution < 1.29 is 14.6 Å². The van der Waals surface area contributed by atoms with Crippen LogP contribution in [-0.2, 0) is 17.6 Å². The van der Waals surface area contributed by atoms with E-state index < -0.39 is 0 Å². The molecule has 0 amide bonds. The Kier molecular flexibility index (Phi) is 5.00. The molecule has 0 unspecified atom stereocenters. The summed E-state index contributed by atoms with van der Waals surface area (Å²) in [5.74, 6) is 0.504. The van der Waals surface area contributed by atoms with E-state index in [2.05, 4.69) is 11.9 Å². The summed E-state index contributed by atoms with van der Waals surface area (Å²) < 4.78 is 5.24. The molecule has 1 atom stereocenters. The van der Waals surface area contributed by atoms with Crippen LogP contribution in [-0.4, -0.2) is 23.9 Å². The van der Waals surface area contributed by atoms with E-state index in [1.54, 1.807) is 35.8 Å². The molecule has 4 nitrogen and oxygen atoms in total. The second-order valence-corrected chi connectivity index (χ2v) is 7.15. The minimum Gasteiger partial charge on any atom is -0.507 e. The normalized spacial score (nSPS) is 17.0. The fraction of sp³-hybridized carbons (Fsp3) is 0.368. The molecule has 3 rings (SSSR count). The van der Waals surface area contributed by atoms with Gasteiger partial charge in [0.25, 0.3) is 0 Å². The molecule has 1 aliphatic rings. The number of aromatic hydroxyl groups is 1. The van der Waals surface area contributed by atoms with Gasteiger partial charge in [0, 0.05) is 16.7 Å². The lowest BCUT2D eigenvalue weighted by atomic mass is 9.88. The summed E-state index contributed by atoms with van der Waals surface area (Å²) >= 11 is 1.56. The molecule has 0 spiro atoms. The molecule has 0 saturated heterocycles. The zero-order chi connectivity index (χ0) is 17.1. The topological polar surface area (TPSA) is 58.9 Å². The molecule has 0 aliphatic heterocycles. The SMILES string of the molecule is CCOC(=O)c1c(/N=C/c2ccccc2O)sc2c1CC[C@H](C)C2. The first-order valence-electron chi connectivity index (χ1n) is 8.23. The predicted molar refractivity (Wildman–Crippen MR) is 96.8 cm³/mol. The van der Waals surface area contributed by atoms with Gasteiger partial charge in [0.15, 0.2) is 0 Å². The largest absolute Gasteiger partial charge is 0.507 e. The van der Waals surface area contributed by atoms with E-state index in [1.807, 2.05) is 13.0 Å². The zero-order valence-electron chi connectivity index (χ0n) is 13.9. The molecule has 0 radical (unpaired) electrons. The van der Waals surface area contributed by atoms with E-state index in [1.165, 1.54) is 4.88 Å². The highest BCUT2D eigenvalue weighted by Crippen LogP contribution is 2.41. The molecule has 0 bridgehead atoms. The van der Waals surface area contributed by atoms with Crippen molar-refractivity contribution in [1.82, 2.24) is 0 Å². The van der Waals surface area contributed by atoms with E-state index >= 15 is 0 Å². The highest BCUT2D eigenvalue weighted by molar-refractivity contribution is 7.16. The lowest BCUT2D eigenvalue weighted by molar-refractivity contribution is 0.0526. The maximum atomic E-state index is 12.4. The number of esters is 1. The Morgan fingerprint density at radius 1 is 1.46 bits per heavy atom. The molecular weight excluding hydrogens is 322 g/mol. The number of phenols is 1. The number of hydrogen-bond donors (Lipinski definition) is 1. The van der Waals surface area contributed by atoms with Gasteiger partial charge in [0.05, 0.1) is 12.2 Å². The van der Waals surface area contributed by atoms with Gasteiger partial charge in [0.2, 0.25) is 0 Å². The minimum atomic E-state index is -0.297. The number of carbonyl (C=O) groups excluding carboxylic acids is 1. The third kappa shape index (κ3) is 3.36. The molecule has 0 fully saturated rings. The highest BCUT2D eigenvalue weighted by atomic mass is 32.1. The number of aliphatic imine (C=N–C) groups is 1. The van der Waals surface area contributed by atoms with E-state index in [0.717, 1.165) is 24.8 Å². The first-order valence-corrected chi connectivity index (χ1v) is 9.05. The Bertz CT molecular complexity index is 779. The van der Waals surface area contributed by atoms with Crippen LogP contribution in [0.1, 0.15) is 46.6 Å². The van der Waals surface area contributed by atoms with Crippen LogP contribution in [0.5, 0.6) is 5.75 Å². The van der Waals surface area contributed by atoms with Crippen LogP contribution >= 0.6 is 11.3 Å². The Morgan fingerprint density at radius 2 is 2.25 bits per heavy atom. The highest BCUT2D eigenvalue weighted by Gasteiger charge is 2.28. The van der Waals surface area contributed by atoms with Crippen molar-refractivity contribution in [1.29, 1.82) is 0 Å². The number of phenolic OH excluding ortho intramolecular Hbond substituents is 1. The fourth-order valence-corrected chi connectivity index (χ4v) is 4.31. The average Bonchev–Trinajstić information content (AvgIpc) is 2.91. The molecule has 1 heterocycles. The number of carbonyl (C=O) groups is 1. The lowest BCUT2D eigenvalue weighted by Gasteiger charge is -2.18. The van der Waals surface area contributed by atoms with Gasteiger partial charge in [-0.25, -0.2) is 9.79 Å². The van der Waals surface area contributed by atoms with Gasteiger partial charge in [0.1, 0.15) is 10.8 Å². The maximum Gasteiger partial charge on any atom is 0.341 e. The van der Waals surface area contributed by atoms with Crippen LogP contribution in [0.25, 0.3) is 0 Å². The summed E-state index contributed by atoms with van der Waals surface area (Å²) in [5.41, 5.74) is 2.34. The minimum absolute atomic E-state index is 0.175. The quantitative estimate of drug-likeness (QED) is 0.656. The fourth-order valence-electron chi connectivity index (χ4n) is 2.97. The first-order chi connectivity index (χ1) is 11.6.